The lowest BCUT2D eigenvalue weighted by Gasteiger charge is -2.14. The minimum atomic E-state index is -0.335. The highest BCUT2D eigenvalue weighted by Gasteiger charge is 2.39. The Hall–Kier alpha value is -2.37. The van der Waals surface area contributed by atoms with Gasteiger partial charge in [0.2, 0.25) is 0 Å². The van der Waals surface area contributed by atoms with Crippen molar-refractivity contribution in [2.24, 2.45) is 0 Å². The van der Waals surface area contributed by atoms with Crippen LogP contribution in [0.5, 0.6) is 0 Å². The van der Waals surface area contributed by atoms with Gasteiger partial charge >= 0.3 is 0 Å². The minimum absolute atomic E-state index is 0.0525. The van der Waals surface area contributed by atoms with E-state index in [1.165, 1.54) is 16.7 Å². The van der Waals surface area contributed by atoms with Crippen molar-refractivity contribution >= 4 is 34.8 Å². The molecule has 4 nitrogen and oxygen atoms in total. The number of imide groups is 1. The molecule has 0 saturated heterocycles. The van der Waals surface area contributed by atoms with Crippen LogP contribution in [0.15, 0.2) is 65.6 Å². The lowest BCUT2D eigenvalue weighted by Crippen LogP contribution is -2.31. The SMILES string of the molecule is O=C1C(SCCO)=C(c2ccccc2)C(=O)N1c1ccccc1. The molecule has 1 heterocycles. The number of thioether (sulfide) groups is 1. The summed E-state index contributed by atoms with van der Waals surface area (Å²) in [6, 6.07) is 18.0. The summed E-state index contributed by atoms with van der Waals surface area (Å²) in [7, 11) is 0. The first kappa shape index (κ1) is 15.5. The monoisotopic (exact) mass is 325 g/mol. The number of hydrogen-bond acceptors (Lipinski definition) is 4. The Labute approximate surface area is 138 Å². The summed E-state index contributed by atoms with van der Waals surface area (Å²) in [5.74, 6) is -0.292. The van der Waals surface area contributed by atoms with Crippen molar-refractivity contribution < 1.29 is 14.7 Å². The standard InChI is InChI=1S/C18H15NO3S/c20-11-12-23-16-15(13-7-3-1-4-8-13)17(21)19(18(16)22)14-9-5-2-6-10-14/h1-10,20H,11-12H2. The zero-order chi connectivity index (χ0) is 16.2. The molecule has 2 aromatic carbocycles. The molecule has 2 aromatic rings. The van der Waals surface area contributed by atoms with Crippen molar-refractivity contribution in [3.05, 3.63) is 71.1 Å². The van der Waals surface area contributed by atoms with E-state index >= 15 is 0 Å². The quantitative estimate of drug-likeness (QED) is 0.859. The first-order valence-electron chi connectivity index (χ1n) is 7.21. The molecule has 0 unspecified atom stereocenters. The molecule has 3 rings (SSSR count). The van der Waals surface area contributed by atoms with Crippen LogP contribution in [0.2, 0.25) is 0 Å². The van der Waals surface area contributed by atoms with Crippen molar-refractivity contribution in [1.29, 1.82) is 0 Å². The van der Waals surface area contributed by atoms with E-state index in [4.69, 9.17) is 5.11 Å². The largest absolute Gasteiger partial charge is 0.396 e. The maximum absolute atomic E-state index is 12.9. The predicted octanol–water partition coefficient (Wildman–Crippen LogP) is 2.70. The second-order valence-electron chi connectivity index (χ2n) is 4.92. The summed E-state index contributed by atoms with van der Waals surface area (Å²) in [6.07, 6.45) is 0. The summed E-state index contributed by atoms with van der Waals surface area (Å²) in [5, 5.41) is 9.07. The van der Waals surface area contributed by atoms with Crippen molar-refractivity contribution in [2.75, 3.05) is 17.3 Å². The average Bonchev–Trinajstić information content (AvgIpc) is 2.84. The fraction of sp³-hybridized carbons (Fsp3) is 0.111. The minimum Gasteiger partial charge on any atom is -0.396 e. The molecular weight excluding hydrogens is 310 g/mol. The van der Waals surface area contributed by atoms with Gasteiger partial charge in [-0.3, -0.25) is 9.59 Å². The summed E-state index contributed by atoms with van der Waals surface area (Å²) < 4.78 is 0. The Morgan fingerprint density at radius 3 is 2.09 bits per heavy atom. The highest BCUT2D eigenvalue weighted by molar-refractivity contribution is 8.04. The number of benzene rings is 2. The van der Waals surface area contributed by atoms with Gasteiger partial charge in [0.15, 0.2) is 0 Å². The molecule has 0 atom stereocenters. The highest BCUT2D eigenvalue weighted by Crippen LogP contribution is 2.38. The molecule has 2 amide bonds. The van der Waals surface area contributed by atoms with E-state index < -0.39 is 0 Å². The van der Waals surface area contributed by atoms with Crippen molar-refractivity contribution in [3.8, 4) is 0 Å². The molecule has 1 N–H and O–H groups in total. The number of carbonyl (C=O) groups excluding carboxylic acids is 2. The zero-order valence-corrected chi connectivity index (χ0v) is 13.1. The second-order valence-corrected chi connectivity index (χ2v) is 6.03. The first-order valence-corrected chi connectivity index (χ1v) is 8.20. The first-order chi connectivity index (χ1) is 11.2. The average molecular weight is 325 g/mol. The van der Waals surface area contributed by atoms with Crippen LogP contribution in [0.4, 0.5) is 5.69 Å². The lowest BCUT2D eigenvalue weighted by molar-refractivity contribution is -0.119. The number of amides is 2. The number of hydrogen-bond donors (Lipinski definition) is 1. The van der Waals surface area contributed by atoms with Gasteiger partial charge in [-0.25, -0.2) is 4.90 Å². The van der Waals surface area contributed by atoms with Gasteiger partial charge in [0, 0.05) is 5.75 Å². The van der Waals surface area contributed by atoms with E-state index in [9.17, 15) is 9.59 Å². The van der Waals surface area contributed by atoms with E-state index in [1.807, 2.05) is 36.4 Å². The van der Waals surface area contributed by atoms with Crippen LogP contribution in [-0.2, 0) is 9.59 Å². The summed E-state index contributed by atoms with van der Waals surface area (Å²) in [4.78, 5) is 27.2. The Morgan fingerprint density at radius 1 is 0.870 bits per heavy atom. The third kappa shape index (κ3) is 2.93. The molecule has 0 fully saturated rings. The maximum Gasteiger partial charge on any atom is 0.272 e. The van der Waals surface area contributed by atoms with Crippen molar-refractivity contribution in [1.82, 2.24) is 0 Å². The number of aliphatic hydroxyl groups is 1. The van der Waals surface area contributed by atoms with Gasteiger partial charge in [-0.15, -0.1) is 11.8 Å². The third-order valence-corrected chi connectivity index (χ3v) is 4.51. The number of carbonyl (C=O) groups is 2. The number of nitrogens with zero attached hydrogens (tertiary/aromatic N) is 1. The summed E-state index contributed by atoms with van der Waals surface area (Å²) in [6.45, 7) is -0.0525. The molecule has 0 radical (unpaired) electrons. The van der Waals surface area contributed by atoms with Gasteiger partial charge in [0.25, 0.3) is 11.8 Å². The van der Waals surface area contributed by atoms with E-state index in [2.05, 4.69) is 0 Å². The topological polar surface area (TPSA) is 57.6 Å². The molecule has 23 heavy (non-hydrogen) atoms. The molecule has 0 spiro atoms. The van der Waals surface area contributed by atoms with E-state index in [1.54, 1.807) is 24.3 Å². The van der Waals surface area contributed by atoms with Crippen LogP contribution in [-0.4, -0.2) is 29.3 Å². The van der Waals surface area contributed by atoms with Gasteiger partial charge in [0.1, 0.15) is 0 Å². The zero-order valence-electron chi connectivity index (χ0n) is 12.3. The van der Waals surface area contributed by atoms with Crippen LogP contribution < -0.4 is 4.90 Å². The Bertz CT molecular complexity index is 756. The number of aliphatic hydroxyl groups excluding tert-OH is 1. The van der Waals surface area contributed by atoms with Crippen LogP contribution in [0.25, 0.3) is 5.57 Å². The molecule has 5 heteroatoms. The molecule has 1 aliphatic heterocycles. The predicted molar refractivity (Wildman–Crippen MR) is 91.8 cm³/mol. The molecule has 0 aromatic heterocycles. The Morgan fingerprint density at radius 2 is 1.48 bits per heavy atom. The van der Waals surface area contributed by atoms with Gasteiger partial charge in [-0.2, -0.15) is 0 Å². The van der Waals surface area contributed by atoms with Crippen molar-refractivity contribution in [3.63, 3.8) is 0 Å². The molecule has 116 valence electrons. The summed E-state index contributed by atoms with van der Waals surface area (Å²) in [5.41, 5.74) is 1.66. The summed E-state index contributed by atoms with van der Waals surface area (Å²) >= 11 is 1.21. The van der Waals surface area contributed by atoms with Gasteiger partial charge in [-0.05, 0) is 17.7 Å². The van der Waals surface area contributed by atoms with Crippen LogP contribution in [0.3, 0.4) is 0 Å². The molecule has 0 saturated carbocycles. The Kier molecular flexibility index (Phi) is 4.60. The van der Waals surface area contributed by atoms with E-state index in [-0.39, 0.29) is 18.4 Å². The molecule has 0 aliphatic carbocycles. The van der Waals surface area contributed by atoms with Crippen LogP contribution >= 0.6 is 11.8 Å². The molecule has 0 bridgehead atoms. The van der Waals surface area contributed by atoms with Crippen molar-refractivity contribution in [2.45, 2.75) is 0 Å². The smallest absolute Gasteiger partial charge is 0.272 e. The number of anilines is 1. The number of rotatable bonds is 5. The number of para-hydroxylation sites is 1. The molecular formula is C18H15NO3S. The maximum atomic E-state index is 12.9. The third-order valence-electron chi connectivity index (χ3n) is 3.46. The second kappa shape index (κ2) is 6.81. The van der Waals surface area contributed by atoms with E-state index in [0.717, 1.165) is 0 Å². The lowest BCUT2D eigenvalue weighted by atomic mass is 10.1. The van der Waals surface area contributed by atoms with Gasteiger partial charge < -0.3 is 5.11 Å². The van der Waals surface area contributed by atoms with E-state index in [0.29, 0.717) is 27.5 Å². The fourth-order valence-corrected chi connectivity index (χ4v) is 3.32. The van der Waals surface area contributed by atoms with Crippen LogP contribution in [0, 0.1) is 0 Å². The normalized spacial score (nSPS) is 14.7. The Balaban J connectivity index is 2.06. The fourth-order valence-electron chi connectivity index (χ4n) is 2.46. The highest BCUT2D eigenvalue weighted by atomic mass is 32.2. The van der Waals surface area contributed by atoms with Gasteiger partial charge in [-0.1, -0.05) is 48.5 Å². The molecule has 1 aliphatic rings. The van der Waals surface area contributed by atoms with Gasteiger partial charge in [0.05, 0.1) is 22.8 Å². The van der Waals surface area contributed by atoms with Crippen LogP contribution in [0.1, 0.15) is 5.56 Å².